The van der Waals surface area contributed by atoms with Crippen molar-refractivity contribution in [2.45, 2.75) is 32.9 Å². The summed E-state index contributed by atoms with van der Waals surface area (Å²) in [4.78, 5) is 8.96. The lowest BCUT2D eigenvalue weighted by Crippen LogP contribution is -2.42. The number of halogens is 1. The quantitative estimate of drug-likeness (QED) is 0.255. The molecule has 2 rings (SSSR count). The van der Waals surface area contributed by atoms with E-state index >= 15 is 0 Å². The highest BCUT2D eigenvalue weighted by molar-refractivity contribution is 14.0. The summed E-state index contributed by atoms with van der Waals surface area (Å²) in [6, 6.07) is 7.47. The van der Waals surface area contributed by atoms with E-state index in [-0.39, 0.29) is 35.8 Å². The van der Waals surface area contributed by atoms with Crippen LogP contribution in [-0.4, -0.2) is 61.3 Å². The van der Waals surface area contributed by atoms with Crippen LogP contribution in [0.15, 0.2) is 29.3 Å². The van der Waals surface area contributed by atoms with Gasteiger partial charge >= 0.3 is 0 Å². The number of aromatic nitrogens is 3. The third kappa shape index (κ3) is 8.98. The third-order valence-corrected chi connectivity index (χ3v) is 4.89. The zero-order chi connectivity index (χ0) is 20.6. The summed E-state index contributed by atoms with van der Waals surface area (Å²) < 4.78 is 27.8. The third-order valence-electron chi connectivity index (χ3n) is 3.92. The molecule has 3 N–H and O–H groups in total. The number of aliphatic imine (C=N–C) groups is 1. The van der Waals surface area contributed by atoms with Gasteiger partial charge < -0.3 is 15.4 Å². The van der Waals surface area contributed by atoms with Crippen LogP contribution in [0.1, 0.15) is 26.1 Å². The predicted octanol–water partition coefficient (Wildman–Crippen LogP) is 1.98. The van der Waals surface area contributed by atoms with E-state index in [1.54, 1.807) is 7.11 Å². The number of nitrogens with one attached hydrogen (secondary N) is 3. The molecule has 1 aromatic carbocycles. The molecule has 11 heteroatoms. The maximum atomic E-state index is 11.3. The van der Waals surface area contributed by atoms with Gasteiger partial charge in [0.25, 0.3) is 0 Å². The Kier molecular flexibility index (Phi) is 10.4. The van der Waals surface area contributed by atoms with Gasteiger partial charge in [-0.1, -0.05) is 0 Å². The van der Waals surface area contributed by atoms with Gasteiger partial charge in [-0.05, 0) is 44.5 Å². The van der Waals surface area contributed by atoms with Gasteiger partial charge in [0.15, 0.2) is 11.8 Å². The van der Waals surface area contributed by atoms with Gasteiger partial charge in [0.1, 0.15) is 28.0 Å². The lowest BCUT2D eigenvalue weighted by Gasteiger charge is -2.17. The number of sulfone groups is 1. The molecule has 0 bridgehead atoms. The van der Waals surface area contributed by atoms with Crippen molar-refractivity contribution in [1.82, 2.24) is 25.8 Å². The SMILES string of the molecule is CCNC(=NCc1nc(-c2ccc(OC)cc2)n[nH]1)NC(C)CCS(C)(=O)=O.I. The molecule has 0 spiro atoms. The van der Waals surface area contributed by atoms with Crippen LogP contribution >= 0.6 is 24.0 Å². The number of aromatic amines is 1. The largest absolute Gasteiger partial charge is 0.497 e. The van der Waals surface area contributed by atoms with Crippen LogP contribution in [0.2, 0.25) is 0 Å². The fraction of sp³-hybridized carbons (Fsp3) is 0.500. The Balaban J connectivity index is 0.00000420. The van der Waals surface area contributed by atoms with Gasteiger partial charge in [0.05, 0.1) is 12.9 Å². The molecule has 1 aromatic heterocycles. The van der Waals surface area contributed by atoms with Crippen LogP contribution in [0.4, 0.5) is 0 Å². The summed E-state index contributed by atoms with van der Waals surface area (Å²) in [5.74, 6) is 2.73. The summed E-state index contributed by atoms with van der Waals surface area (Å²) in [5, 5.41) is 13.5. The molecule has 162 valence electrons. The summed E-state index contributed by atoms with van der Waals surface area (Å²) in [6.45, 7) is 4.90. The molecule has 1 atom stereocenters. The van der Waals surface area contributed by atoms with Crippen molar-refractivity contribution in [2.24, 2.45) is 4.99 Å². The molecule has 9 nitrogen and oxygen atoms in total. The molecular formula is C18H29IN6O3S. The number of rotatable bonds is 9. The van der Waals surface area contributed by atoms with Crippen LogP contribution in [0.5, 0.6) is 5.75 Å². The van der Waals surface area contributed by atoms with Crippen LogP contribution in [0.3, 0.4) is 0 Å². The van der Waals surface area contributed by atoms with E-state index < -0.39 is 9.84 Å². The van der Waals surface area contributed by atoms with Crippen LogP contribution in [-0.2, 0) is 16.4 Å². The minimum atomic E-state index is -2.98. The molecule has 1 heterocycles. The Morgan fingerprint density at radius 3 is 2.59 bits per heavy atom. The zero-order valence-corrected chi connectivity index (χ0v) is 20.2. The minimum absolute atomic E-state index is 0. The van der Waals surface area contributed by atoms with E-state index in [9.17, 15) is 8.42 Å². The molecule has 0 amide bonds. The molecule has 0 aliphatic heterocycles. The highest BCUT2D eigenvalue weighted by Gasteiger charge is 2.10. The number of nitrogens with zero attached hydrogens (tertiary/aromatic N) is 3. The van der Waals surface area contributed by atoms with Crippen molar-refractivity contribution in [3.8, 4) is 17.1 Å². The fourth-order valence-electron chi connectivity index (χ4n) is 2.41. The van der Waals surface area contributed by atoms with Crippen molar-refractivity contribution in [2.75, 3.05) is 25.7 Å². The number of H-pyrrole nitrogens is 1. The lowest BCUT2D eigenvalue weighted by molar-refractivity contribution is 0.415. The molecule has 0 aliphatic rings. The van der Waals surface area contributed by atoms with Gasteiger partial charge in [0, 0.05) is 24.4 Å². The molecule has 0 saturated heterocycles. The average molecular weight is 536 g/mol. The second-order valence-corrected chi connectivity index (χ2v) is 8.75. The first-order valence-electron chi connectivity index (χ1n) is 9.09. The molecule has 2 aromatic rings. The van der Waals surface area contributed by atoms with E-state index in [0.717, 1.165) is 11.3 Å². The molecule has 1 unspecified atom stereocenters. The van der Waals surface area contributed by atoms with Gasteiger partial charge in [-0.2, -0.15) is 5.10 Å². The smallest absolute Gasteiger partial charge is 0.191 e. The van der Waals surface area contributed by atoms with Crippen LogP contribution in [0, 0.1) is 0 Å². The topological polar surface area (TPSA) is 121 Å². The summed E-state index contributed by atoms with van der Waals surface area (Å²) >= 11 is 0. The first-order valence-corrected chi connectivity index (χ1v) is 11.1. The number of methoxy groups -OCH3 is 1. The average Bonchev–Trinajstić information content (AvgIpc) is 3.13. The van der Waals surface area contributed by atoms with E-state index in [2.05, 4.69) is 30.8 Å². The second kappa shape index (κ2) is 12.0. The molecule has 29 heavy (non-hydrogen) atoms. The van der Waals surface area contributed by atoms with Crippen molar-refractivity contribution >= 4 is 39.8 Å². The molecular weight excluding hydrogens is 507 g/mol. The minimum Gasteiger partial charge on any atom is -0.497 e. The Morgan fingerprint density at radius 2 is 2.00 bits per heavy atom. The van der Waals surface area contributed by atoms with Gasteiger partial charge in [0.2, 0.25) is 0 Å². The number of guanidine groups is 1. The fourth-order valence-corrected chi connectivity index (χ4v) is 3.19. The molecule has 0 fully saturated rings. The highest BCUT2D eigenvalue weighted by Crippen LogP contribution is 2.18. The van der Waals surface area contributed by atoms with Crippen molar-refractivity contribution in [3.05, 3.63) is 30.1 Å². The Hall–Kier alpha value is -1.89. The summed E-state index contributed by atoms with van der Waals surface area (Å²) in [7, 11) is -1.36. The van der Waals surface area contributed by atoms with Crippen LogP contribution < -0.4 is 15.4 Å². The second-order valence-electron chi connectivity index (χ2n) is 6.49. The van der Waals surface area contributed by atoms with E-state index in [0.29, 0.717) is 37.1 Å². The Labute approximate surface area is 189 Å². The predicted molar refractivity (Wildman–Crippen MR) is 126 cm³/mol. The van der Waals surface area contributed by atoms with E-state index in [1.165, 1.54) is 6.26 Å². The normalized spacial score (nSPS) is 12.8. The van der Waals surface area contributed by atoms with Gasteiger partial charge in [-0.15, -0.1) is 24.0 Å². The lowest BCUT2D eigenvalue weighted by atomic mass is 10.2. The number of hydrogen-bond acceptors (Lipinski definition) is 6. The van der Waals surface area contributed by atoms with Crippen molar-refractivity contribution in [3.63, 3.8) is 0 Å². The van der Waals surface area contributed by atoms with Gasteiger partial charge in [-0.3, -0.25) is 5.10 Å². The number of benzene rings is 1. The Bertz CT molecular complexity index is 883. The zero-order valence-electron chi connectivity index (χ0n) is 17.1. The van der Waals surface area contributed by atoms with Gasteiger partial charge in [-0.25, -0.2) is 18.4 Å². The first-order chi connectivity index (χ1) is 13.3. The molecule has 0 radical (unpaired) electrons. The molecule has 0 aliphatic carbocycles. The first kappa shape index (κ1) is 25.1. The van der Waals surface area contributed by atoms with E-state index in [4.69, 9.17) is 4.74 Å². The highest BCUT2D eigenvalue weighted by atomic mass is 127. The number of hydrogen-bond donors (Lipinski definition) is 3. The summed E-state index contributed by atoms with van der Waals surface area (Å²) in [6.07, 6.45) is 1.75. The van der Waals surface area contributed by atoms with E-state index in [1.807, 2.05) is 38.1 Å². The standard InChI is InChI=1S/C18H28N6O3S.HI/c1-5-19-18(21-13(2)10-11-28(4,25)26)20-12-16-22-17(24-23-16)14-6-8-15(27-3)9-7-14;/h6-9,13H,5,10-12H2,1-4H3,(H2,19,20,21)(H,22,23,24);1H. The molecule has 0 saturated carbocycles. The monoisotopic (exact) mass is 536 g/mol. The Morgan fingerprint density at radius 1 is 1.31 bits per heavy atom. The van der Waals surface area contributed by atoms with Crippen LogP contribution in [0.25, 0.3) is 11.4 Å². The van der Waals surface area contributed by atoms with Crippen molar-refractivity contribution < 1.29 is 13.2 Å². The maximum Gasteiger partial charge on any atom is 0.191 e. The van der Waals surface area contributed by atoms with Crippen molar-refractivity contribution in [1.29, 1.82) is 0 Å². The summed E-state index contributed by atoms with van der Waals surface area (Å²) in [5.41, 5.74) is 0.881. The number of ether oxygens (including phenoxy) is 1. The maximum absolute atomic E-state index is 11.3.